The number of halogens is 2. The van der Waals surface area contributed by atoms with Crippen LogP contribution in [0.25, 0.3) is 6.08 Å². The molecule has 1 heterocycles. The van der Waals surface area contributed by atoms with Crippen LogP contribution in [0.5, 0.6) is 0 Å². The fraction of sp³-hybridized carbons (Fsp3) is 0.286. The third-order valence-electron chi connectivity index (χ3n) is 2.92. The van der Waals surface area contributed by atoms with Crippen LogP contribution in [-0.2, 0) is 4.79 Å². The molecule has 1 saturated heterocycles. The Bertz CT molecular complexity index is 590. The van der Waals surface area contributed by atoms with E-state index in [0.29, 0.717) is 21.3 Å². The van der Waals surface area contributed by atoms with Crippen LogP contribution >= 0.6 is 24.0 Å². The number of thiocarbonyl (C=S) groups is 1. The molecule has 2 rings (SSSR count). The van der Waals surface area contributed by atoms with Gasteiger partial charge in [-0.2, -0.15) is 0 Å². The molecule has 20 heavy (non-hydrogen) atoms. The Labute approximate surface area is 125 Å². The number of benzene rings is 1. The van der Waals surface area contributed by atoms with Crippen LogP contribution in [-0.4, -0.2) is 21.7 Å². The van der Waals surface area contributed by atoms with E-state index in [1.807, 2.05) is 6.92 Å². The second-order valence-electron chi connectivity index (χ2n) is 4.44. The molecule has 6 heteroatoms. The Hall–Kier alpha value is -1.27. The molecule has 0 saturated carbocycles. The number of amides is 1. The van der Waals surface area contributed by atoms with Crippen LogP contribution in [0, 0.1) is 18.6 Å². The van der Waals surface area contributed by atoms with Gasteiger partial charge in [0.05, 0.1) is 4.91 Å². The van der Waals surface area contributed by atoms with Crippen LogP contribution in [0.1, 0.15) is 24.5 Å². The molecule has 106 valence electrons. The summed E-state index contributed by atoms with van der Waals surface area (Å²) in [6.07, 6.45) is 2.27. The summed E-state index contributed by atoms with van der Waals surface area (Å²) >= 11 is 6.28. The van der Waals surface area contributed by atoms with E-state index in [1.165, 1.54) is 30.0 Å². The molecule has 0 N–H and O–H groups in total. The van der Waals surface area contributed by atoms with Crippen molar-refractivity contribution in [3.8, 4) is 0 Å². The molecule has 1 fully saturated rings. The minimum absolute atomic E-state index is 0.0271. The molecule has 0 unspecified atom stereocenters. The molecule has 0 aliphatic carbocycles. The predicted molar refractivity (Wildman–Crippen MR) is 81.3 cm³/mol. The Morgan fingerprint density at radius 2 is 1.95 bits per heavy atom. The minimum Gasteiger partial charge on any atom is -0.293 e. The van der Waals surface area contributed by atoms with E-state index < -0.39 is 11.6 Å². The highest BCUT2D eigenvalue weighted by Gasteiger charge is 2.31. The number of carbonyl (C=O) groups is 1. The largest absolute Gasteiger partial charge is 0.293 e. The average molecular weight is 313 g/mol. The molecule has 2 nitrogen and oxygen atoms in total. The topological polar surface area (TPSA) is 20.3 Å². The monoisotopic (exact) mass is 313 g/mol. The van der Waals surface area contributed by atoms with Gasteiger partial charge in [-0.3, -0.25) is 9.69 Å². The minimum atomic E-state index is -0.625. The maximum atomic E-state index is 13.5. The third-order valence-corrected chi connectivity index (χ3v) is 4.30. The number of hydrogen-bond acceptors (Lipinski definition) is 3. The van der Waals surface area contributed by atoms with Crippen molar-refractivity contribution in [2.75, 3.05) is 6.54 Å². The second-order valence-corrected chi connectivity index (χ2v) is 6.12. The standard InChI is InChI=1S/C14H13F2NOS2/c1-3-4-17-13(18)12(20-14(17)19)7-9-5-10(15)8(2)11(16)6-9/h5-7H,3-4H2,1-2H3/b12-7-. The summed E-state index contributed by atoms with van der Waals surface area (Å²) in [7, 11) is 0. The van der Waals surface area contributed by atoms with E-state index in [2.05, 4.69) is 0 Å². The summed E-state index contributed by atoms with van der Waals surface area (Å²) in [6.45, 7) is 3.88. The Morgan fingerprint density at radius 1 is 1.35 bits per heavy atom. The van der Waals surface area contributed by atoms with E-state index in [4.69, 9.17) is 12.2 Å². The summed E-state index contributed by atoms with van der Waals surface area (Å²) in [6, 6.07) is 2.43. The first-order chi connectivity index (χ1) is 9.43. The van der Waals surface area contributed by atoms with E-state index in [1.54, 1.807) is 0 Å². The van der Waals surface area contributed by atoms with Gasteiger partial charge in [-0.1, -0.05) is 30.9 Å². The molecule has 0 bridgehead atoms. The summed E-state index contributed by atoms with van der Waals surface area (Å²) in [4.78, 5) is 14.0. The van der Waals surface area contributed by atoms with Crippen LogP contribution in [0.4, 0.5) is 8.78 Å². The number of rotatable bonds is 3. The molecule has 0 atom stereocenters. The van der Waals surface area contributed by atoms with Crippen molar-refractivity contribution in [1.29, 1.82) is 0 Å². The van der Waals surface area contributed by atoms with Gasteiger partial charge in [-0.05, 0) is 37.1 Å². The number of thioether (sulfide) groups is 1. The smallest absolute Gasteiger partial charge is 0.266 e. The zero-order valence-electron chi connectivity index (χ0n) is 11.1. The van der Waals surface area contributed by atoms with Gasteiger partial charge in [-0.15, -0.1) is 0 Å². The quantitative estimate of drug-likeness (QED) is 0.624. The summed E-state index contributed by atoms with van der Waals surface area (Å²) in [5.41, 5.74) is 0.295. The second kappa shape index (κ2) is 6.01. The summed E-state index contributed by atoms with van der Waals surface area (Å²) < 4.78 is 27.5. The first kappa shape index (κ1) is 15.1. The van der Waals surface area contributed by atoms with Crippen LogP contribution in [0.15, 0.2) is 17.0 Å². The molecule has 1 aliphatic heterocycles. The van der Waals surface area contributed by atoms with Crippen LogP contribution in [0.3, 0.4) is 0 Å². The number of nitrogens with zero attached hydrogens (tertiary/aromatic N) is 1. The molecule has 0 spiro atoms. The van der Waals surface area contributed by atoms with Gasteiger partial charge in [0, 0.05) is 12.1 Å². The van der Waals surface area contributed by atoms with Crippen LogP contribution in [0.2, 0.25) is 0 Å². The van der Waals surface area contributed by atoms with Gasteiger partial charge in [0.1, 0.15) is 16.0 Å². The highest BCUT2D eigenvalue weighted by molar-refractivity contribution is 8.26. The Kier molecular flexibility index (Phi) is 4.55. The lowest BCUT2D eigenvalue weighted by molar-refractivity contribution is -0.122. The van der Waals surface area contributed by atoms with Gasteiger partial charge in [0.15, 0.2) is 0 Å². The van der Waals surface area contributed by atoms with E-state index in [9.17, 15) is 13.6 Å². The van der Waals surface area contributed by atoms with Crippen LogP contribution < -0.4 is 0 Å². The maximum absolute atomic E-state index is 13.5. The Morgan fingerprint density at radius 3 is 2.50 bits per heavy atom. The highest BCUT2D eigenvalue weighted by atomic mass is 32.2. The Balaban J connectivity index is 2.33. The zero-order chi connectivity index (χ0) is 14.9. The molecule has 1 aliphatic rings. The average Bonchev–Trinajstić information content (AvgIpc) is 2.64. The van der Waals surface area contributed by atoms with Gasteiger partial charge >= 0.3 is 0 Å². The van der Waals surface area contributed by atoms with Gasteiger partial charge in [0.25, 0.3) is 5.91 Å². The zero-order valence-corrected chi connectivity index (χ0v) is 12.7. The van der Waals surface area contributed by atoms with Gasteiger partial charge in [-0.25, -0.2) is 8.78 Å². The summed E-state index contributed by atoms with van der Waals surface area (Å²) in [5, 5.41) is 0. The molecule has 1 amide bonds. The van der Waals surface area contributed by atoms with Gasteiger partial charge < -0.3 is 0 Å². The first-order valence-corrected chi connectivity index (χ1v) is 7.37. The first-order valence-electron chi connectivity index (χ1n) is 6.15. The molecule has 0 radical (unpaired) electrons. The highest BCUT2D eigenvalue weighted by Crippen LogP contribution is 2.32. The molecular weight excluding hydrogens is 300 g/mol. The van der Waals surface area contributed by atoms with E-state index in [-0.39, 0.29) is 11.5 Å². The van der Waals surface area contributed by atoms with E-state index in [0.717, 1.165) is 18.2 Å². The lowest BCUT2D eigenvalue weighted by atomic mass is 10.1. The maximum Gasteiger partial charge on any atom is 0.266 e. The lowest BCUT2D eigenvalue weighted by Crippen LogP contribution is -2.28. The fourth-order valence-corrected chi connectivity index (χ4v) is 3.12. The molecular formula is C14H13F2NOS2. The van der Waals surface area contributed by atoms with Gasteiger partial charge in [0.2, 0.25) is 0 Å². The molecule has 1 aromatic carbocycles. The van der Waals surface area contributed by atoms with Crippen molar-refractivity contribution in [3.05, 3.63) is 39.8 Å². The van der Waals surface area contributed by atoms with Crippen molar-refractivity contribution in [1.82, 2.24) is 4.90 Å². The van der Waals surface area contributed by atoms with Crippen molar-refractivity contribution < 1.29 is 13.6 Å². The fourth-order valence-electron chi connectivity index (χ4n) is 1.82. The number of carbonyl (C=O) groups excluding carboxylic acids is 1. The molecule has 1 aromatic rings. The third kappa shape index (κ3) is 2.91. The van der Waals surface area contributed by atoms with Crippen molar-refractivity contribution >= 4 is 40.3 Å². The van der Waals surface area contributed by atoms with Crippen molar-refractivity contribution in [2.24, 2.45) is 0 Å². The SMILES string of the molecule is CCCN1C(=O)/C(=C/c2cc(F)c(C)c(F)c2)SC1=S. The lowest BCUT2D eigenvalue weighted by Gasteiger charge is -2.11. The van der Waals surface area contributed by atoms with Crippen molar-refractivity contribution in [3.63, 3.8) is 0 Å². The van der Waals surface area contributed by atoms with Crippen molar-refractivity contribution in [2.45, 2.75) is 20.3 Å². The summed E-state index contributed by atoms with van der Waals surface area (Å²) in [5.74, 6) is -1.45. The molecule has 0 aromatic heterocycles. The van der Waals surface area contributed by atoms with E-state index >= 15 is 0 Å². The number of hydrogen-bond donors (Lipinski definition) is 0. The normalized spacial score (nSPS) is 17.4. The predicted octanol–water partition coefficient (Wildman–Crippen LogP) is 3.88.